The number of carbonyl (C=O) groups excluding carboxylic acids is 1. The summed E-state index contributed by atoms with van der Waals surface area (Å²) in [4.78, 5) is 13.4. The highest BCUT2D eigenvalue weighted by molar-refractivity contribution is 5.92. The number of methoxy groups -OCH3 is 1. The monoisotopic (exact) mass is 240 g/mol. The van der Waals surface area contributed by atoms with Gasteiger partial charge in [0.1, 0.15) is 6.26 Å². The van der Waals surface area contributed by atoms with E-state index in [1.807, 2.05) is 0 Å². The molecule has 0 unspecified atom stereocenters. The molecule has 0 spiro atoms. The van der Waals surface area contributed by atoms with Gasteiger partial charge in [-0.25, -0.2) is 0 Å². The number of hydrogen-bond acceptors (Lipinski definition) is 5. The molecule has 1 fully saturated rings. The van der Waals surface area contributed by atoms with Crippen molar-refractivity contribution in [3.63, 3.8) is 0 Å². The summed E-state index contributed by atoms with van der Waals surface area (Å²) in [5, 5.41) is 3.61. The fraction of sp³-hybridized carbons (Fsp3) is 0.636. The highest BCUT2D eigenvalue weighted by Gasteiger charge is 2.32. The lowest BCUT2D eigenvalue weighted by molar-refractivity contribution is -0.0467. The van der Waals surface area contributed by atoms with Gasteiger partial charge in [0, 0.05) is 39.5 Å². The molecule has 6 nitrogen and oxygen atoms in total. The van der Waals surface area contributed by atoms with E-state index in [1.54, 1.807) is 18.1 Å². The third-order valence-corrected chi connectivity index (χ3v) is 2.64. The van der Waals surface area contributed by atoms with Gasteiger partial charge >= 0.3 is 0 Å². The average molecular weight is 240 g/mol. The molecule has 1 amide bonds. The molecule has 0 bridgehead atoms. The predicted molar refractivity (Wildman–Crippen MR) is 58.6 cm³/mol. The lowest BCUT2D eigenvalue weighted by Gasteiger charge is -2.38. The normalized spacial score (nSPS) is 15.9. The van der Waals surface area contributed by atoms with Crippen LogP contribution in [0.5, 0.6) is 0 Å². The van der Waals surface area contributed by atoms with Gasteiger partial charge in [-0.2, -0.15) is 0 Å². The van der Waals surface area contributed by atoms with Gasteiger partial charge in [-0.15, -0.1) is 0 Å². The fourth-order valence-electron chi connectivity index (χ4n) is 1.65. The van der Waals surface area contributed by atoms with Crippen molar-refractivity contribution in [2.75, 3.05) is 33.4 Å². The van der Waals surface area contributed by atoms with E-state index >= 15 is 0 Å². The van der Waals surface area contributed by atoms with Crippen LogP contribution < -0.4 is 0 Å². The van der Waals surface area contributed by atoms with Crippen molar-refractivity contribution in [1.29, 1.82) is 0 Å². The Hall–Kier alpha value is -1.40. The SMILES string of the molecule is COCCCOC1CN(C(=O)c2ccon2)C1. The highest BCUT2D eigenvalue weighted by atomic mass is 16.5. The lowest BCUT2D eigenvalue weighted by Crippen LogP contribution is -2.54. The second-order valence-electron chi connectivity index (χ2n) is 3.93. The van der Waals surface area contributed by atoms with E-state index in [1.165, 1.54) is 6.26 Å². The van der Waals surface area contributed by atoms with Crippen molar-refractivity contribution in [3.8, 4) is 0 Å². The van der Waals surface area contributed by atoms with Crippen molar-refractivity contribution in [2.45, 2.75) is 12.5 Å². The van der Waals surface area contributed by atoms with E-state index in [9.17, 15) is 4.79 Å². The first-order valence-electron chi connectivity index (χ1n) is 5.61. The molecule has 0 saturated carbocycles. The number of aromatic nitrogens is 1. The summed E-state index contributed by atoms with van der Waals surface area (Å²) in [5.74, 6) is -0.101. The first-order valence-corrected chi connectivity index (χ1v) is 5.61. The summed E-state index contributed by atoms with van der Waals surface area (Å²) in [5.41, 5.74) is 0.350. The highest BCUT2D eigenvalue weighted by Crippen LogP contribution is 2.15. The molecule has 1 saturated heterocycles. The van der Waals surface area contributed by atoms with Crippen LogP contribution in [-0.4, -0.2) is 55.5 Å². The van der Waals surface area contributed by atoms with Crippen LogP contribution in [-0.2, 0) is 9.47 Å². The maximum absolute atomic E-state index is 11.7. The molecule has 1 aliphatic rings. The third kappa shape index (κ3) is 3.04. The topological polar surface area (TPSA) is 64.8 Å². The van der Waals surface area contributed by atoms with Crippen molar-refractivity contribution >= 4 is 5.91 Å². The van der Waals surface area contributed by atoms with E-state index in [4.69, 9.17) is 9.47 Å². The number of ether oxygens (including phenoxy) is 2. The molecule has 0 aliphatic carbocycles. The smallest absolute Gasteiger partial charge is 0.276 e. The molecule has 0 radical (unpaired) electrons. The van der Waals surface area contributed by atoms with Gasteiger partial charge in [0.15, 0.2) is 5.69 Å². The zero-order valence-corrected chi connectivity index (χ0v) is 9.80. The van der Waals surface area contributed by atoms with E-state index in [-0.39, 0.29) is 12.0 Å². The van der Waals surface area contributed by atoms with Crippen LogP contribution in [0, 0.1) is 0 Å². The Balaban J connectivity index is 1.64. The van der Waals surface area contributed by atoms with Gasteiger partial charge in [0.05, 0.1) is 6.10 Å². The molecule has 6 heteroatoms. The Morgan fingerprint density at radius 2 is 2.41 bits per heavy atom. The van der Waals surface area contributed by atoms with Crippen LogP contribution >= 0.6 is 0 Å². The third-order valence-electron chi connectivity index (χ3n) is 2.64. The molecule has 1 aliphatic heterocycles. The summed E-state index contributed by atoms with van der Waals surface area (Å²) < 4.78 is 15.1. The number of carbonyl (C=O) groups is 1. The quantitative estimate of drug-likeness (QED) is 0.679. The van der Waals surface area contributed by atoms with E-state index < -0.39 is 0 Å². The van der Waals surface area contributed by atoms with Crippen LogP contribution in [0.4, 0.5) is 0 Å². The minimum Gasteiger partial charge on any atom is -0.385 e. The van der Waals surface area contributed by atoms with Crippen molar-refractivity contribution in [2.24, 2.45) is 0 Å². The van der Waals surface area contributed by atoms with Crippen molar-refractivity contribution in [1.82, 2.24) is 10.1 Å². The largest absolute Gasteiger partial charge is 0.385 e. The van der Waals surface area contributed by atoms with Crippen LogP contribution in [0.1, 0.15) is 16.9 Å². The minimum absolute atomic E-state index is 0.101. The molecule has 1 aromatic heterocycles. The summed E-state index contributed by atoms with van der Waals surface area (Å²) in [6, 6.07) is 1.56. The first-order chi connectivity index (χ1) is 8.31. The zero-order chi connectivity index (χ0) is 12.1. The molecule has 0 atom stereocenters. The number of nitrogens with zero attached hydrogens (tertiary/aromatic N) is 2. The lowest BCUT2D eigenvalue weighted by atomic mass is 10.1. The molecular weight excluding hydrogens is 224 g/mol. The maximum Gasteiger partial charge on any atom is 0.276 e. The maximum atomic E-state index is 11.7. The van der Waals surface area contributed by atoms with Crippen LogP contribution in [0.3, 0.4) is 0 Å². The summed E-state index contributed by atoms with van der Waals surface area (Å²) >= 11 is 0. The number of rotatable bonds is 6. The molecule has 2 heterocycles. The summed E-state index contributed by atoms with van der Waals surface area (Å²) in [7, 11) is 1.67. The molecule has 2 rings (SSSR count). The molecule has 0 N–H and O–H groups in total. The number of amides is 1. The zero-order valence-electron chi connectivity index (χ0n) is 9.80. The summed E-state index contributed by atoms with van der Waals surface area (Å²) in [6.45, 7) is 2.62. The molecule has 1 aromatic rings. The molecule has 94 valence electrons. The Labute approximate surface area is 99.5 Å². The van der Waals surface area contributed by atoms with Gasteiger partial charge < -0.3 is 18.9 Å². The van der Waals surface area contributed by atoms with Gasteiger partial charge in [0.2, 0.25) is 0 Å². The van der Waals surface area contributed by atoms with E-state index in [2.05, 4.69) is 9.68 Å². The standard InChI is InChI=1S/C11H16N2O4/c1-15-4-2-5-16-9-7-13(8-9)11(14)10-3-6-17-12-10/h3,6,9H,2,4-5,7-8H2,1H3. The van der Waals surface area contributed by atoms with Crippen molar-refractivity contribution < 1.29 is 18.8 Å². The van der Waals surface area contributed by atoms with Crippen LogP contribution in [0.2, 0.25) is 0 Å². The predicted octanol–water partition coefficient (Wildman–Crippen LogP) is 0.552. The first kappa shape index (κ1) is 12.1. The number of likely N-dealkylation sites (tertiary alicyclic amines) is 1. The Morgan fingerprint density at radius 1 is 1.59 bits per heavy atom. The average Bonchev–Trinajstić information content (AvgIpc) is 2.79. The van der Waals surface area contributed by atoms with E-state index in [0.717, 1.165) is 6.42 Å². The van der Waals surface area contributed by atoms with Gasteiger partial charge in [0.25, 0.3) is 5.91 Å². The Bertz CT molecular complexity index is 346. The summed E-state index contributed by atoms with van der Waals surface area (Å²) in [6.07, 6.45) is 2.42. The molecular formula is C11H16N2O4. The van der Waals surface area contributed by atoms with Crippen LogP contribution in [0.25, 0.3) is 0 Å². The van der Waals surface area contributed by atoms with Crippen molar-refractivity contribution in [3.05, 3.63) is 18.0 Å². The van der Waals surface area contributed by atoms with Crippen LogP contribution in [0.15, 0.2) is 16.9 Å². The molecule has 17 heavy (non-hydrogen) atoms. The second kappa shape index (κ2) is 5.79. The van der Waals surface area contributed by atoms with Gasteiger partial charge in [-0.05, 0) is 6.42 Å². The Kier molecular flexibility index (Phi) is 4.11. The van der Waals surface area contributed by atoms with Gasteiger partial charge in [-0.1, -0.05) is 5.16 Å². The Morgan fingerprint density at radius 3 is 3.06 bits per heavy atom. The molecule has 0 aromatic carbocycles. The second-order valence-corrected chi connectivity index (χ2v) is 3.93. The van der Waals surface area contributed by atoms with E-state index in [0.29, 0.717) is 32.0 Å². The minimum atomic E-state index is -0.101. The number of hydrogen-bond donors (Lipinski definition) is 0. The fourth-order valence-corrected chi connectivity index (χ4v) is 1.65. The van der Waals surface area contributed by atoms with Gasteiger partial charge in [-0.3, -0.25) is 4.79 Å².